The van der Waals surface area contributed by atoms with E-state index in [9.17, 15) is 24.5 Å². The number of hydrogen-bond donors (Lipinski definition) is 4. The van der Waals surface area contributed by atoms with E-state index in [-0.39, 0.29) is 29.1 Å². The fraction of sp³-hybridized carbons (Fsp3) is 0.160. The molecule has 0 spiro atoms. The van der Waals surface area contributed by atoms with Crippen molar-refractivity contribution in [1.82, 2.24) is 0 Å². The van der Waals surface area contributed by atoms with Crippen LogP contribution < -0.4 is 31.6 Å². The van der Waals surface area contributed by atoms with Crippen molar-refractivity contribution < 1.29 is 28.8 Å². The van der Waals surface area contributed by atoms with Gasteiger partial charge in [-0.15, -0.1) is 0 Å². The van der Waals surface area contributed by atoms with Crippen molar-refractivity contribution >= 4 is 34.9 Å². The lowest BCUT2D eigenvalue weighted by molar-refractivity contribution is -0.384. The highest BCUT2D eigenvalue weighted by atomic mass is 16.6. The Hall–Kier alpha value is -5.13. The minimum Gasteiger partial charge on any atom is -0.493 e. The summed E-state index contributed by atoms with van der Waals surface area (Å²) in [6.45, 7) is 0. The van der Waals surface area contributed by atoms with Crippen LogP contribution in [0.3, 0.4) is 0 Å². The molecule has 1 unspecified atom stereocenters. The van der Waals surface area contributed by atoms with Crippen LogP contribution in [0, 0.1) is 10.1 Å². The van der Waals surface area contributed by atoms with Crippen LogP contribution in [0.15, 0.2) is 60.7 Å². The maximum atomic E-state index is 12.4. The minimum absolute atomic E-state index is 0.0811. The van der Waals surface area contributed by atoms with Gasteiger partial charge in [-0.1, -0.05) is 18.2 Å². The zero-order valence-electron chi connectivity index (χ0n) is 20.0. The fourth-order valence-electron chi connectivity index (χ4n) is 3.71. The second-order valence-electron chi connectivity index (χ2n) is 7.90. The predicted octanol–water partition coefficient (Wildman–Crippen LogP) is 3.17. The van der Waals surface area contributed by atoms with Crippen LogP contribution in [0.4, 0.5) is 21.9 Å². The Morgan fingerprint density at radius 2 is 1.54 bits per heavy atom. The summed E-state index contributed by atoms with van der Waals surface area (Å²) in [5.74, 6) is -1.74. The number of nitro groups is 1. The third-order valence-corrected chi connectivity index (χ3v) is 5.51. The number of nitrogens with two attached hydrogens (primary N) is 2. The molecule has 12 nitrogen and oxygen atoms in total. The van der Waals surface area contributed by atoms with Crippen molar-refractivity contribution in [2.75, 3.05) is 24.9 Å². The standard InChI is InChI=1S/C25H25N5O7/c1-36-21-12-18(20(24(27)32)13-22(21)37-2)19(23(26)31)10-14-6-8-15(9-7-14)28-25(33)29-16-4-3-5-17(11-16)30(34)35/h3-9,11-13,19H,10H2,1-2H3,(H2,26,31)(H2,27,32)(H2,28,29,33). The first-order valence-electron chi connectivity index (χ1n) is 10.9. The van der Waals surface area contributed by atoms with E-state index in [0.29, 0.717) is 22.6 Å². The highest BCUT2D eigenvalue weighted by Gasteiger charge is 2.26. The fourth-order valence-corrected chi connectivity index (χ4v) is 3.71. The number of urea groups is 1. The van der Waals surface area contributed by atoms with Gasteiger partial charge in [0.1, 0.15) is 0 Å². The Morgan fingerprint density at radius 1 is 0.919 bits per heavy atom. The van der Waals surface area contributed by atoms with Crippen LogP contribution in [0.25, 0.3) is 0 Å². The second kappa shape index (κ2) is 11.5. The topological polar surface area (TPSA) is 189 Å². The van der Waals surface area contributed by atoms with Crippen LogP contribution in [-0.4, -0.2) is 37.0 Å². The molecule has 12 heteroatoms. The number of nitrogens with zero attached hydrogens (tertiary/aromatic N) is 1. The van der Waals surface area contributed by atoms with Gasteiger partial charge in [-0.05, 0) is 47.9 Å². The number of nitrogens with one attached hydrogen (secondary N) is 2. The van der Waals surface area contributed by atoms with Gasteiger partial charge >= 0.3 is 6.03 Å². The molecule has 0 heterocycles. The van der Waals surface area contributed by atoms with E-state index in [1.165, 1.54) is 50.6 Å². The number of methoxy groups -OCH3 is 2. The first-order chi connectivity index (χ1) is 17.6. The average molecular weight is 508 g/mol. The Bertz CT molecular complexity index is 1340. The summed E-state index contributed by atoms with van der Waals surface area (Å²) in [6, 6.07) is 14.4. The molecule has 192 valence electrons. The van der Waals surface area contributed by atoms with E-state index < -0.39 is 28.7 Å². The molecular weight excluding hydrogens is 482 g/mol. The predicted molar refractivity (Wildman–Crippen MR) is 136 cm³/mol. The zero-order valence-corrected chi connectivity index (χ0v) is 20.0. The third kappa shape index (κ3) is 6.51. The normalized spacial score (nSPS) is 11.2. The van der Waals surface area contributed by atoms with Gasteiger partial charge in [-0.25, -0.2) is 4.79 Å². The Morgan fingerprint density at radius 3 is 2.11 bits per heavy atom. The largest absolute Gasteiger partial charge is 0.493 e. The summed E-state index contributed by atoms with van der Waals surface area (Å²) >= 11 is 0. The van der Waals surface area contributed by atoms with Gasteiger partial charge in [-0.2, -0.15) is 0 Å². The zero-order chi connectivity index (χ0) is 27.1. The maximum Gasteiger partial charge on any atom is 0.323 e. The minimum atomic E-state index is -0.904. The second-order valence-corrected chi connectivity index (χ2v) is 7.90. The first-order valence-corrected chi connectivity index (χ1v) is 10.9. The third-order valence-electron chi connectivity index (χ3n) is 5.51. The van der Waals surface area contributed by atoms with Crippen LogP contribution in [0.1, 0.15) is 27.4 Å². The van der Waals surface area contributed by atoms with E-state index in [2.05, 4.69) is 10.6 Å². The molecule has 37 heavy (non-hydrogen) atoms. The first kappa shape index (κ1) is 26.5. The highest BCUT2D eigenvalue weighted by Crippen LogP contribution is 2.35. The van der Waals surface area contributed by atoms with Gasteiger partial charge in [0.25, 0.3) is 5.69 Å². The van der Waals surface area contributed by atoms with Crippen molar-refractivity contribution in [3.8, 4) is 11.5 Å². The van der Waals surface area contributed by atoms with Crippen molar-refractivity contribution in [1.29, 1.82) is 0 Å². The molecule has 1 atom stereocenters. The number of primary amides is 2. The molecule has 0 aliphatic heterocycles. The average Bonchev–Trinajstić information content (AvgIpc) is 2.87. The van der Waals surface area contributed by atoms with E-state index in [1.807, 2.05) is 0 Å². The Kier molecular flexibility index (Phi) is 8.25. The molecule has 0 aliphatic rings. The lowest BCUT2D eigenvalue weighted by Crippen LogP contribution is -2.26. The number of non-ortho nitro benzene ring substituents is 1. The molecule has 3 aromatic carbocycles. The summed E-state index contributed by atoms with van der Waals surface area (Å²) in [7, 11) is 2.83. The molecule has 0 fully saturated rings. The number of nitro benzene ring substituents is 1. The SMILES string of the molecule is COc1cc(C(N)=O)c(C(Cc2ccc(NC(=O)Nc3cccc([N+](=O)[O-])c3)cc2)C(N)=O)cc1OC. The summed E-state index contributed by atoms with van der Waals surface area (Å²) < 4.78 is 10.5. The van der Waals surface area contributed by atoms with E-state index in [4.69, 9.17) is 20.9 Å². The Labute approximate surface area is 211 Å². The monoisotopic (exact) mass is 507 g/mol. The van der Waals surface area contributed by atoms with E-state index in [1.54, 1.807) is 24.3 Å². The summed E-state index contributed by atoms with van der Waals surface area (Å²) in [5, 5.41) is 16.0. The number of carbonyl (C=O) groups excluding carboxylic acids is 3. The number of benzene rings is 3. The molecule has 3 rings (SSSR count). The molecule has 0 aromatic heterocycles. The summed E-state index contributed by atoms with van der Waals surface area (Å²) in [6.07, 6.45) is 0.144. The molecule has 0 radical (unpaired) electrons. The number of anilines is 2. The lowest BCUT2D eigenvalue weighted by atomic mass is 9.87. The van der Waals surface area contributed by atoms with E-state index >= 15 is 0 Å². The number of hydrogen-bond acceptors (Lipinski definition) is 7. The van der Waals surface area contributed by atoms with Gasteiger partial charge in [0, 0.05) is 29.1 Å². The molecule has 4 amide bonds. The molecule has 6 N–H and O–H groups in total. The number of carbonyl (C=O) groups is 3. The lowest BCUT2D eigenvalue weighted by Gasteiger charge is -2.19. The molecule has 0 saturated carbocycles. The van der Waals surface area contributed by atoms with Gasteiger partial charge in [0.15, 0.2) is 11.5 Å². The van der Waals surface area contributed by atoms with Crippen molar-refractivity contribution in [2.45, 2.75) is 12.3 Å². The van der Waals surface area contributed by atoms with Crippen LogP contribution >= 0.6 is 0 Å². The van der Waals surface area contributed by atoms with Crippen LogP contribution in [0.5, 0.6) is 11.5 Å². The Balaban J connectivity index is 1.77. The summed E-state index contributed by atoms with van der Waals surface area (Å²) in [4.78, 5) is 47.1. The van der Waals surface area contributed by atoms with Crippen molar-refractivity contribution in [3.05, 3.63) is 87.5 Å². The molecule has 0 aliphatic carbocycles. The quantitative estimate of drug-likeness (QED) is 0.239. The van der Waals surface area contributed by atoms with Gasteiger partial charge < -0.3 is 31.6 Å². The van der Waals surface area contributed by atoms with Crippen molar-refractivity contribution in [2.24, 2.45) is 11.5 Å². The smallest absolute Gasteiger partial charge is 0.323 e. The molecule has 3 aromatic rings. The molecular formula is C25H25N5O7. The molecule has 0 bridgehead atoms. The highest BCUT2D eigenvalue weighted by molar-refractivity contribution is 6.00. The molecule has 0 saturated heterocycles. The van der Waals surface area contributed by atoms with Gasteiger partial charge in [0.05, 0.1) is 25.1 Å². The summed E-state index contributed by atoms with van der Waals surface area (Å²) in [5.41, 5.74) is 12.8. The number of ether oxygens (including phenoxy) is 2. The van der Waals surface area contributed by atoms with Crippen LogP contribution in [0.2, 0.25) is 0 Å². The maximum absolute atomic E-state index is 12.4. The number of amides is 4. The van der Waals surface area contributed by atoms with Gasteiger partial charge in [-0.3, -0.25) is 19.7 Å². The number of rotatable bonds is 10. The van der Waals surface area contributed by atoms with Gasteiger partial charge in [0.2, 0.25) is 11.8 Å². The van der Waals surface area contributed by atoms with Crippen molar-refractivity contribution in [3.63, 3.8) is 0 Å². The van der Waals surface area contributed by atoms with Crippen LogP contribution in [-0.2, 0) is 11.2 Å². The van der Waals surface area contributed by atoms with E-state index in [0.717, 1.165) is 0 Å².